The van der Waals surface area contributed by atoms with Gasteiger partial charge in [0, 0.05) is 25.7 Å². The predicted molar refractivity (Wildman–Crippen MR) is 70.3 cm³/mol. The van der Waals surface area contributed by atoms with Crippen molar-refractivity contribution in [2.24, 2.45) is 11.7 Å². The van der Waals surface area contributed by atoms with Crippen molar-refractivity contribution in [3.63, 3.8) is 0 Å². The van der Waals surface area contributed by atoms with Gasteiger partial charge in [0.2, 0.25) is 0 Å². The zero-order valence-corrected chi connectivity index (χ0v) is 11.4. The number of nitrogens with two attached hydrogens (primary N) is 1. The van der Waals surface area contributed by atoms with Gasteiger partial charge in [-0.15, -0.1) is 0 Å². The third-order valence-corrected chi connectivity index (χ3v) is 3.98. The second kappa shape index (κ2) is 5.89. The molecule has 0 aromatic heterocycles. The molecule has 0 aromatic carbocycles. The summed E-state index contributed by atoms with van der Waals surface area (Å²) in [7, 11) is 0. The summed E-state index contributed by atoms with van der Waals surface area (Å²) in [4.78, 5) is 14.1. The molecule has 2 rings (SSSR count). The van der Waals surface area contributed by atoms with E-state index in [1.165, 1.54) is 6.42 Å². The van der Waals surface area contributed by atoms with Gasteiger partial charge in [0.05, 0.1) is 12.1 Å². The van der Waals surface area contributed by atoms with E-state index in [1.54, 1.807) is 0 Å². The molecule has 5 heteroatoms. The van der Waals surface area contributed by atoms with Crippen molar-refractivity contribution < 1.29 is 9.53 Å². The summed E-state index contributed by atoms with van der Waals surface area (Å²) >= 11 is 0. The highest BCUT2D eigenvalue weighted by Crippen LogP contribution is 2.23. The van der Waals surface area contributed by atoms with E-state index in [4.69, 9.17) is 10.5 Å². The Morgan fingerprint density at radius 2 is 2.33 bits per heavy atom. The van der Waals surface area contributed by atoms with Crippen LogP contribution in [0.2, 0.25) is 0 Å². The van der Waals surface area contributed by atoms with Gasteiger partial charge in [-0.25, -0.2) is 4.79 Å². The van der Waals surface area contributed by atoms with Gasteiger partial charge in [-0.2, -0.15) is 0 Å². The largest absolute Gasteiger partial charge is 0.376 e. The number of carbonyl (C=O) groups is 1. The molecule has 1 aliphatic heterocycles. The fourth-order valence-corrected chi connectivity index (χ4v) is 2.83. The van der Waals surface area contributed by atoms with Gasteiger partial charge >= 0.3 is 6.03 Å². The second-order valence-corrected chi connectivity index (χ2v) is 5.56. The number of rotatable bonds is 3. The highest BCUT2D eigenvalue weighted by molar-refractivity contribution is 5.75. The number of carbonyl (C=O) groups excluding carboxylic acids is 1. The summed E-state index contributed by atoms with van der Waals surface area (Å²) in [5.41, 5.74) is 5.94. The van der Waals surface area contributed by atoms with Gasteiger partial charge in [0.15, 0.2) is 0 Å². The van der Waals surface area contributed by atoms with Crippen LogP contribution in [0, 0.1) is 5.92 Å². The lowest BCUT2D eigenvalue weighted by Crippen LogP contribution is -2.66. The summed E-state index contributed by atoms with van der Waals surface area (Å²) in [6.07, 6.45) is 3.25. The fourth-order valence-electron chi connectivity index (χ4n) is 2.83. The Morgan fingerprint density at radius 3 is 2.94 bits per heavy atom. The first-order valence-electron chi connectivity index (χ1n) is 7.04. The molecular weight excluding hydrogens is 230 g/mol. The normalized spacial score (nSPS) is 36.1. The maximum Gasteiger partial charge on any atom is 0.317 e. The number of nitrogens with zero attached hydrogens (tertiary/aromatic N) is 1. The topological polar surface area (TPSA) is 67.6 Å². The molecule has 1 saturated heterocycles. The SMILES string of the molecule is CCOC1CC(N)C1NC(=O)N1CCCC(C)C1. The number of ether oxygens (including phenoxy) is 1. The van der Waals surface area contributed by atoms with Crippen LogP contribution in [0.1, 0.15) is 33.1 Å². The van der Waals surface area contributed by atoms with Crippen LogP contribution in [0.3, 0.4) is 0 Å². The zero-order chi connectivity index (χ0) is 13.1. The number of hydrogen-bond donors (Lipinski definition) is 2. The monoisotopic (exact) mass is 255 g/mol. The van der Waals surface area contributed by atoms with E-state index in [1.807, 2.05) is 11.8 Å². The first-order valence-corrected chi connectivity index (χ1v) is 7.04. The minimum atomic E-state index is -0.0188. The maximum atomic E-state index is 12.1. The van der Waals surface area contributed by atoms with Gasteiger partial charge in [-0.3, -0.25) is 0 Å². The molecule has 4 unspecified atom stereocenters. The van der Waals surface area contributed by atoms with E-state index >= 15 is 0 Å². The van der Waals surface area contributed by atoms with Gasteiger partial charge < -0.3 is 20.7 Å². The van der Waals surface area contributed by atoms with Gasteiger partial charge in [-0.05, 0) is 32.1 Å². The summed E-state index contributed by atoms with van der Waals surface area (Å²) in [5.74, 6) is 0.599. The zero-order valence-electron chi connectivity index (χ0n) is 11.4. The molecule has 2 fully saturated rings. The van der Waals surface area contributed by atoms with E-state index in [0.29, 0.717) is 12.5 Å². The van der Waals surface area contributed by atoms with Crippen LogP contribution < -0.4 is 11.1 Å². The van der Waals surface area contributed by atoms with Gasteiger partial charge in [0.25, 0.3) is 0 Å². The van der Waals surface area contributed by atoms with Crippen LogP contribution in [0.4, 0.5) is 4.79 Å². The third-order valence-electron chi connectivity index (χ3n) is 3.98. The standard InChI is InChI=1S/C13H25N3O2/c1-3-18-11-7-10(14)12(11)15-13(17)16-6-4-5-9(2)8-16/h9-12H,3-8,14H2,1-2H3,(H,15,17). The van der Waals surface area contributed by atoms with E-state index < -0.39 is 0 Å². The second-order valence-electron chi connectivity index (χ2n) is 5.56. The van der Waals surface area contributed by atoms with Crippen molar-refractivity contribution in [2.45, 2.75) is 51.3 Å². The van der Waals surface area contributed by atoms with E-state index in [9.17, 15) is 4.79 Å². The Balaban J connectivity index is 1.82. The average molecular weight is 255 g/mol. The number of piperidine rings is 1. The Labute approximate surface area is 109 Å². The van der Waals surface area contributed by atoms with Gasteiger partial charge in [-0.1, -0.05) is 6.92 Å². The average Bonchev–Trinajstić information content (AvgIpc) is 2.35. The van der Waals surface area contributed by atoms with Crippen molar-refractivity contribution >= 4 is 6.03 Å². The summed E-state index contributed by atoms with van der Waals surface area (Å²) in [5, 5.41) is 3.03. The molecule has 2 amide bonds. The molecule has 1 saturated carbocycles. The lowest BCUT2D eigenvalue weighted by atomic mass is 9.83. The molecule has 0 aromatic rings. The minimum absolute atomic E-state index is 0.0188. The van der Waals surface area contributed by atoms with Crippen LogP contribution >= 0.6 is 0 Å². The molecule has 3 N–H and O–H groups in total. The molecule has 0 bridgehead atoms. The summed E-state index contributed by atoms with van der Waals surface area (Å²) in [6.45, 7) is 6.54. The van der Waals surface area contributed by atoms with Crippen molar-refractivity contribution in [2.75, 3.05) is 19.7 Å². The smallest absolute Gasteiger partial charge is 0.317 e. The summed E-state index contributed by atoms with van der Waals surface area (Å²) < 4.78 is 5.56. The predicted octanol–water partition coefficient (Wildman–Crippen LogP) is 0.933. The van der Waals surface area contributed by atoms with Crippen LogP contribution in [-0.2, 0) is 4.74 Å². The van der Waals surface area contributed by atoms with E-state index in [0.717, 1.165) is 25.9 Å². The Kier molecular flexibility index (Phi) is 4.45. The Morgan fingerprint density at radius 1 is 1.56 bits per heavy atom. The molecule has 104 valence electrons. The third kappa shape index (κ3) is 2.95. The number of amides is 2. The van der Waals surface area contributed by atoms with Crippen LogP contribution in [0.25, 0.3) is 0 Å². The van der Waals surface area contributed by atoms with E-state index in [-0.39, 0.29) is 24.2 Å². The highest BCUT2D eigenvalue weighted by atomic mass is 16.5. The number of hydrogen-bond acceptors (Lipinski definition) is 3. The lowest BCUT2D eigenvalue weighted by molar-refractivity contribution is -0.0298. The van der Waals surface area contributed by atoms with Crippen molar-refractivity contribution in [1.29, 1.82) is 0 Å². The first-order chi connectivity index (χ1) is 8.61. The molecule has 0 spiro atoms. The van der Waals surface area contributed by atoms with Crippen molar-refractivity contribution in [3.05, 3.63) is 0 Å². The Bertz CT molecular complexity index is 296. The van der Waals surface area contributed by atoms with Crippen LogP contribution in [0.5, 0.6) is 0 Å². The minimum Gasteiger partial charge on any atom is -0.376 e. The van der Waals surface area contributed by atoms with Crippen LogP contribution in [0.15, 0.2) is 0 Å². The van der Waals surface area contributed by atoms with Crippen molar-refractivity contribution in [1.82, 2.24) is 10.2 Å². The highest BCUT2D eigenvalue weighted by Gasteiger charge is 2.41. The number of likely N-dealkylation sites (tertiary alicyclic amines) is 1. The quantitative estimate of drug-likeness (QED) is 0.788. The van der Waals surface area contributed by atoms with Crippen molar-refractivity contribution in [3.8, 4) is 0 Å². The molecule has 4 atom stereocenters. The first kappa shape index (κ1) is 13.6. The van der Waals surface area contributed by atoms with E-state index in [2.05, 4.69) is 12.2 Å². The molecule has 2 aliphatic rings. The molecule has 18 heavy (non-hydrogen) atoms. The number of urea groups is 1. The maximum absolute atomic E-state index is 12.1. The van der Waals surface area contributed by atoms with Gasteiger partial charge in [0.1, 0.15) is 0 Å². The Hall–Kier alpha value is -0.810. The lowest BCUT2D eigenvalue weighted by Gasteiger charge is -2.43. The molecular formula is C13H25N3O2. The number of nitrogens with one attached hydrogen (secondary N) is 1. The summed E-state index contributed by atoms with van der Waals surface area (Å²) in [6, 6.07) is 0.0359. The van der Waals surface area contributed by atoms with Crippen LogP contribution in [-0.4, -0.2) is 48.8 Å². The fraction of sp³-hybridized carbons (Fsp3) is 0.923. The molecule has 0 radical (unpaired) electrons. The molecule has 5 nitrogen and oxygen atoms in total. The molecule has 1 aliphatic carbocycles. The molecule has 1 heterocycles.